The molecule has 0 fully saturated rings. The highest BCUT2D eigenvalue weighted by molar-refractivity contribution is 5.62. The molecule has 3 heteroatoms. The minimum absolute atomic E-state index is 0.285. The van der Waals surface area contributed by atoms with Gasteiger partial charge >= 0.3 is 0 Å². The second-order valence-electron chi connectivity index (χ2n) is 4.41. The van der Waals surface area contributed by atoms with Crippen molar-refractivity contribution in [2.75, 3.05) is 6.61 Å². The number of hydrogen-bond donors (Lipinski definition) is 2. The topological polar surface area (TPSA) is 57.5 Å². The lowest BCUT2D eigenvalue weighted by atomic mass is 10.1. The molecule has 2 N–H and O–H groups in total. The van der Waals surface area contributed by atoms with Gasteiger partial charge in [-0.25, -0.2) is 0 Å². The van der Waals surface area contributed by atoms with Crippen molar-refractivity contribution in [3.63, 3.8) is 0 Å². The fourth-order valence-electron chi connectivity index (χ4n) is 1.53. The molecule has 0 spiro atoms. The summed E-state index contributed by atoms with van der Waals surface area (Å²) in [5.74, 6) is -0.833. The van der Waals surface area contributed by atoms with E-state index in [9.17, 15) is 0 Å². The quantitative estimate of drug-likeness (QED) is 0.457. The summed E-state index contributed by atoms with van der Waals surface area (Å²) in [4.78, 5) is 9.00. The van der Waals surface area contributed by atoms with E-state index in [2.05, 4.69) is 19.1 Å². The molecule has 0 amide bonds. The van der Waals surface area contributed by atoms with E-state index in [1.54, 1.807) is 0 Å². The summed E-state index contributed by atoms with van der Waals surface area (Å²) >= 11 is 0. The van der Waals surface area contributed by atoms with Crippen molar-refractivity contribution in [3.05, 3.63) is 12.2 Å². The van der Waals surface area contributed by atoms with Crippen LogP contribution in [-0.2, 0) is 4.79 Å². The van der Waals surface area contributed by atoms with Crippen molar-refractivity contribution >= 4 is 5.97 Å². The van der Waals surface area contributed by atoms with Gasteiger partial charge in [0.25, 0.3) is 5.97 Å². The Morgan fingerprint density at radius 1 is 0.944 bits per heavy atom. The SMILES string of the molecule is CC(=O)O.CCCCCCCCC/C=C\CCO. The van der Waals surface area contributed by atoms with Gasteiger partial charge in [-0.15, -0.1) is 0 Å². The number of unbranched alkanes of at least 4 members (excludes halogenated alkanes) is 7. The molecule has 0 aromatic rings. The van der Waals surface area contributed by atoms with E-state index in [1.165, 1.54) is 51.4 Å². The van der Waals surface area contributed by atoms with Crippen LogP contribution in [0.3, 0.4) is 0 Å². The first-order valence-corrected chi connectivity index (χ1v) is 7.10. The predicted molar refractivity (Wildman–Crippen MR) is 76.8 cm³/mol. The number of aliphatic hydroxyl groups is 1. The normalized spacial score (nSPS) is 10.2. The van der Waals surface area contributed by atoms with Crippen LogP contribution in [0.5, 0.6) is 0 Å². The fourth-order valence-corrected chi connectivity index (χ4v) is 1.53. The van der Waals surface area contributed by atoms with Gasteiger partial charge in [0.15, 0.2) is 0 Å². The summed E-state index contributed by atoms with van der Waals surface area (Å²) in [6.45, 7) is 3.62. The Balaban J connectivity index is 0. The molecular formula is C15H30O3. The third-order valence-corrected chi connectivity index (χ3v) is 2.44. The van der Waals surface area contributed by atoms with E-state index in [-0.39, 0.29) is 6.61 Å². The highest BCUT2D eigenvalue weighted by Crippen LogP contribution is 2.08. The first kappa shape index (κ1) is 19.5. The van der Waals surface area contributed by atoms with E-state index in [1.807, 2.05) is 0 Å². The second-order valence-corrected chi connectivity index (χ2v) is 4.41. The first-order chi connectivity index (χ1) is 8.65. The molecule has 0 unspecified atom stereocenters. The minimum atomic E-state index is -0.833. The molecule has 0 radical (unpaired) electrons. The minimum Gasteiger partial charge on any atom is -0.481 e. The zero-order valence-electron chi connectivity index (χ0n) is 12.0. The highest BCUT2D eigenvalue weighted by Gasteiger charge is 1.88. The molecule has 0 heterocycles. The molecule has 0 saturated heterocycles. The zero-order chi connectivity index (χ0) is 14.1. The van der Waals surface area contributed by atoms with Crippen LogP contribution in [0.15, 0.2) is 12.2 Å². The van der Waals surface area contributed by atoms with Crippen molar-refractivity contribution < 1.29 is 15.0 Å². The fraction of sp³-hybridized carbons (Fsp3) is 0.800. The maximum atomic E-state index is 9.00. The number of carboxylic acids is 1. The van der Waals surface area contributed by atoms with Crippen LogP contribution >= 0.6 is 0 Å². The van der Waals surface area contributed by atoms with Crippen LogP contribution in [0.4, 0.5) is 0 Å². The number of rotatable bonds is 10. The van der Waals surface area contributed by atoms with Gasteiger partial charge in [0.05, 0.1) is 0 Å². The molecule has 0 aliphatic carbocycles. The highest BCUT2D eigenvalue weighted by atomic mass is 16.4. The molecule has 0 aliphatic rings. The van der Waals surface area contributed by atoms with Gasteiger partial charge in [-0.1, -0.05) is 57.6 Å². The maximum Gasteiger partial charge on any atom is 0.300 e. The smallest absolute Gasteiger partial charge is 0.300 e. The van der Waals surface area contributed by atoms with Gasteiger partial charge in [0, 0.05) is 13.5 Å². The van der Waals surface area contributed by atoms with Gasteiger partial charge in [0.2, 0.25) is 0 Å². The van der Waals surface area contributed by atoms with E-state index in [0.717, 1.165) is 13.3 Å². The Hall–Kier alpha value is -0.830. The number of aliphatic hydroxyl groups excluding tert-OH is 1. The Morgan fingerprint density at radius 2 is 1.39 bits per heavy atom. The molecule has 0 bridgehead atoms. The zero-order valence-corrected chi connectivity index (χ0v) is 12.0. The third-order valence-electron chi connectivity index (χ3n) is 2.44. The molecule has 0 aromatic heterocycles. The Labute approximate surface area is 112 Å². The Morgan fingerprint density at radius 3 is 1.89 bits per heavy atom. The molecule has 18 heavy (non-hydrogen) atoms. The summed E-state index contributed by atoms with van der Waals surface area (Å²) in [6.07, 6.45) is 15.9. The van der Waals surface area contributed by atoms with Crippen LogP contribution < -0.4 is 0 Å². The Bertz CT molecular complexity index is 184. The molecule has 0 rings (SSSR count). The van der Waals surface area contributed by atoms with Crippen molar-refractivity contribution in [2.45, 2.75) is 71.6 Å². The lowest BCUT2D eigenvalue weighted by molar-refractivity contribution is -0.134. The predicted octanol–water partition coefficient (Wildman–Crippen LogP) is 4.16. The summed E-state index contributed by atoms with van der Waals surface area (Å²) < 4.78 is 0. The summed E-state index contributed by atoms with van der Waals surface area (Å²) in [7, 11) is 0. The molecule has 0 atom stereocenters. The number of allylic oxidation sites excluding steroid dienone is 1. The number of carbonyl (C=O) groups is 1. The number of hydrogen-bond acceptors (Lipinski definition) is 2. The number of aliphatic carboxylic acids is 1. The van der Waals surface area contributed by atoms with Crippen molar-refractivity contribution in [1.82, 2.24) is 0 Å². The summed E-state index contributed by atoms with van der Waals surface area (Å²) in [6, 6.07) is 0. The van der Waals surface area contributed by atoms with Crippen LogP contribution in [-0.4, -0.2) is 22.8 Å². The van der Waals surface area contributed by atoms with Crippen LogP contribution in [0.25, 0.3) is 0 Å². The first-order valence-electron chi connectivity index (χ1n) is 7.10. The van der Waals surface area contributed by atoms with E-state index in [4.69, 9.17) is 15.0 Å². The second kappa shape index (κ2) is 18.5. The van der Waals surface area contributed by atoms with Gasteiger partial charge in [-0.2, -0.15) is 0 Å². The maximum absolute atomic E-state index is 9.00. The van der Waals surface area contributed by atoms with Crippen LogP contribution in [0.1, 0.15) is 71.6 Å². The largest absolute Gasteiger partial charge is 0.481 e. The van der Waals surface area contributed by atoms with Crippen LogP contribution in [0, 0.1) is 0 Å². The van der Waals surface area contributed by atoms with Gasteiger partial charge in [-0.05, 0) is 19.3 Å². The lowest BCUT2D eigenvalue weighted by Gasteiger charge is -1.98. The van der Waals surface area contributed by atoms with Crippen molar-refractivity contribution in [2.24, 2.45) is 0 Å². The van der Waals surface area contributed by atoms with Gasteiger partial charge in [0.1, 0.15) is 0 Å². The van der Waals surface area contributed by atoms with E-state index >= 15 is 0 Å². The van der Waals surface area contributed by atoms with Crippen LogP contribution in [0.2, 0.25) is 0 Å². The average molecular weight is 258 g/mol. The van der Waals surface area contributed by atoms with Gasteiger partial charge < -0.3 is 10.2 Å². The summed E-state index contributed by atoms with van der Waals surface area (Å²) in [5, 5.41) is 16.0. The molecule has 0 saturated carbocycles. The Kier molecular flexibility index (Phi) is 20.1. The molecule has 0 aromatic carbocycles. The van der Waals surface area contributed by atoms with Crippen molar-refractivity contribution in [1.29, 1.82) is 0 Å². The molecular weight excluding hydrogens is 228 g/mol. The third kappa shape index (κ3) is 29.4. The lowest BCUT2D eigenvalue weighted by Crippen LogP contribution is -1.79. The standard InChI is InChI=1S/C13H26O.C2H4O2/c1-2-3-4-5-6-7-8-9-10-11-12-13-14;1-2(3)4/h10-11,14H,2-9,12-13H2,1H3;1H3,(H,3,4)/b11-10-;. The van der Waals surface area contributed by atoms with E-state index < -0.39 is 5.97 Å². The molecule has 3 nitrogen and oxygen atoms in total. The molecule has 108 valence electrons. The summed E-state index contributed by atoms with van der Waals surface area (Å²) in [5.41, 5.74) is 0. The van der Waals surface area contributed by atoms with E-state index in [0.29, 0.717) is 0 Å². The van der Waals surface area contributed by atoms with Crippen molar-refractivity contribution in [3.8, 4) is 0 Å². The number of carboxylic acid groups (broad SMARTS) is 1. The monoisotopic (exact) mass is 258 g/mol. The van der Waals surface area contributed by atoms with Gasteiger partial charge in [-0.3, -0.25) is 4.79 Å². The average Bonchev–Trinajstić information content (AvgIpc) is 2.31. The molecule has 0 aliphatic heterocycles.